The number of halogens is 2. The third-order valence-corrected chi connectivity index (χ3v) is 6.05. The minimum atomic E-state index is -0.811. The van der Waals surface area contributed by atoms with Crippen LogP contribution < -0.4 is 0 Å². The van der Waals surface area contributed by atoms with E-state index < -0.39 is 17.7 Å². The number of carbonyl (C=O) groups is 2. The second kappa shape index (κ2) is 12.3. The number of nitrogens with zero attached hydrogens (tertiary/aromatic N) is 2. The van der Waals surface area contributed by atoms with Crippen molar-refractivity contribution < 1.29 is 27.3 Å². The fourth-order valence-corrected chi connectivity index (χ4v) is 4.45. The summed E-state index contributed by atoms with van der Waals surface area (Å²) >= 11 is 1.11. The fraction of sp³-hybridized carbons (Fsp3) is 0.571. The van der Waals surface area contributed by atoms with E-state index >= 15 is 0 Å². The van der Waals surface area contributed by atoms with E-state index in [9.17, 15) is 13.1 Å². The topological polar surface area (TPSA) is 68.2 Å². The summed E-state index contributed by atoms with van der Waals surface area (Å²) in [5.74, 6) is -0.0694. The van der Waals surface area contributed by atoms with Gasteiger partial charge in [-0.3, -0.25) is 9.79 Å². The number of ether oxygens (including phenoxy) is 2. The standard InChI is InChI=1S/C17H20F2N2O2S2.C2H4O2.C2H6/c1-9-6-5-7-10(13(9)18)14-11-8-12(11)24-15(20-14)21(25-19)16(22)23-17(2,3)4;1-4-2-3;1-2/h5-7,11-12,14H,8H2,1-4H3;2H,1H3;1-2H3. The van der Waals surface area contributed by atoms with Crippen molar-refractivity contribution in [3.8, 4) is 0 Å². The van der Waals surface area contributed by atoms with E-state index in [-0.39, 0.29) is 34.5 Å². The molecule has 0 spiro atoms. The van der Waals surface area contributed by atoms with Crippen LogP contribution >= 0.6 is 24.1 Å². The van der Waals surface area contributed by atoms with Crippen LogP contribution in [0.15, 0.2) is 23.2 Å². The Labute approximate surface area is 191 Å². The SMILES string of the molecule is CC.COC=O.Cc1cccc(C2N=C(N(SF)C(=O)OC(C)(C)C)SC3CC32)c1F. The molecule has 1 aliphatic carbocycles. The molecule has 31 heavy (non-hydrogen) atoms. The average molecular weight is 477 g/mol. The lowest BCUT2D eigenvalue weighted by Gasteiger charge is -2.27. The molecule has 1 fully saturated rings. The number of hydrogen-bond acceptors (Lipinski definition) is 7. The Morgan fingerprint density at radius 3 is 2.48 bits per heavy atom. The minimum Gasteiger partial charge on any atom is -0.471 e. The Balaban J connectivity index is 0.000000720. The molecule has 3 atom stereocenters. The maximum absolute atomic E-state index is 14.5. The van der Waals surface area contributed by atoms with Gasteiger partial charge in [0.1, 0.15) is 11.4 Å². The predicted molar refractivity (Wildman–Crippen MR) is 122 cm³/mol. The smallest absolute Gasteiger partial charge is 0.428 e. The van der Waals surface area contributed by atoms with Gasteiger partial charge in [0.25, 0.3) is 6.47 Å². The minimum absolute atomic E-state index is 0.217. The van der Waals surface area contributed by atoms with Crippen molar-refractivity contribution in [3.63, 3.8) is 0 Å². The Bertz CT molecular complexity index is 787. The molecular formula is C21H30F2N2O4S2. The van der Waals surface area contributed by atoms with E-state index in [0.717, 1.165) is 10.7 Å². The number of methoxy groups -OCH3 is 1. The Kier molecular flexibility index (Phi) is 10.8. The number of thioether (sulfide) groups is 1. The van der Waals surface area contributed by atoms with E-state index in [1.54, 1.807) is 45.9 Å². The summed E-state index contributed by atoms with van der Waals surface area (Å²) in [5.41, 5.74) is 0.307. The normalized spacial score (nSPS) is 21.1. The maximum atomic E-state index is 14.5. The van der Waals surface area contributed by atoms with E-state index in [1.165, 1.54) is 18.9 Å². The third kappa shape index (κ3) is 7.68. The molecule has 6 nitrogen and oxygen atoms in total. The molecule has 1 saturated carbocycles. The number of aliphatic imine (C=N–C) groups is 1. The molecule has 1 aromatic rings. The van der Waals surface area contributed by atoms with Crippen LogP contribution in [0.4, 0.5) is 13.1 Å². The van der Waals surface area contributed by atoms with Crippen molar-refractivity contribution in [1.29, 1.82) is 0 Å². The largest absolute Gasteiger partial charge is 0.471 e. The second-order valence-corrected chi connectivity index (χ2v) is 9.28. The molecule has 0 radical (unpaired) electrons. The first-order valence-electron chi connectivity index (χ1n) is 9.90. The number of amidine groups is 1. The molecule has 0 saturated heterocycles. The van der Waals surface area contributed by atoms with Crippen LogP contribution in [0, 0.1) is 18.7 Å². The summed E-state index contributed by atoms with van der Waals surface area (Å²) in [4.78, 5) is 25.7. The number of hydrogen-bond donors (Lipinski definition) is 0. The van der Waals surface area contributed by atoms with Crippen LogP contribution in [0.2, 0.25) is 0 Å². The summed E-state index contributed by atoms with van der Waals surface area (Å²) in [6.45, 7) is 11.2. The van der Waals surface area contributed by atoms with Crippen molar-refractivity contribution in [2.75, 3.05) is 7.11 Å². The summed E-state index contributed by atoms with van der Waals surface area (Å²) in [6, 6.07) is 4.80. The lowest BCUT2D eigenvalue weighted by molar-refractivity contribution is -0.126. The van der Waals surface area contributed by atoms with Gasteiger partial charge in [-0.15, -0.1) is 3.89 Å². The number of amides is 1. The molecule has 1 aromatic carbocycles. The lowest BCUT2D eigenvalue weighted by Crippen LogP contribution is -2.36. The number of benzene rings is 1. The van der Waals surface area contributed by atoms with Gasteiger partial charge in [-0.2, -0.15) is 4.31 Å². The number of aryl methyl sites for hydroxylation is 1. The number of carbonyl (C=O) groups excluding carboxylic acids is 2. The Morgan fingerprint density at radius 1 is 1.35 bits per heavy atom. The first-order chi connectivity index (χ1) is 14.6. The zero-order valence-electron chi connectivity index (χ0n) is 18.8. The van der Waals surface area contributed by atoms with Crippen molar-refractivity contribution in [3.05, 3.63) is 35.1 Å². The Morgan fingerprint density at radius 2 is 1.97 bits per heavy atom. The molecule has 1 heterocycles. The van der Waals surface area contributed by atoms with E-state index in [1.807, 2.05) is 13.8 Å². The monoisotopic (exact) mass is 476 g/mol. The van der Waals surface area contributed by atoms with Crippen LogP contribution in [0.25, 0.3) is 0 Å². The van der Waals surface area contributed by atoms with Gasteiger partial charge in [-0.25, -0.2) is 9.18 Å². The first-order valence-corrected chi connectivity index (χ1v) is 11.5. The number of fused-ring (bicyclic) bond motifs is 1. The first kappa shape index (κ1) is 27.2. The molecule has 10 heteroatoms. The quantitative estimate of drug-likeness (QED) is 0.379. The highest BCUT2D eigenvalue weighted by molar-refractivity contribution is 8.15. The lowest BCUT2D eigenvalue weighted by atomic mass is 10.00. The van der Waals surface area contributed by atoms with Crippen molar-refractivity contribution in [2.45, 2.75) is 64.9 Å². The molecule has 0 N–H and O–H groups in total. The second-order valence-electron chi connectivity index (χ2n) is 7.57. The van der Waals surface area contributed by atoms with E-state index in [4.69, 9.17) is 9.53 Å². The van der Waals surface area contributed by atoms with Gasteiger partial charge in [0, 0.05) is 10.8 Å². The van der Waals surface area contributed by atoms with Gasteiger partial charge < -0.3 is 9.47 Å². The van der Waals surface area contributed by atoms with Crippen LogP contribution in [0.1, 0.15) is 58.2 Å². The maximum Gasteiger partial charge on any atom is 0.428 e. The zero-order chi connectivity index (χ0) is 23.8. The van der Waals surface area contributed by atoms with Gasteiger partial charge in [0.2, 0.25) is 0 Å². The third-order valence-electron chi connectivity index (χ3n) is 4.13. The molecular weight excluding hydrogens is 446 g/mol. The molecule has 1 amide bonds. The van der Waals surface area contributed by atoms with Gasteiger partial charge >= 0.3 is 6.09 Å². The summed E-state index contributed by atoms with van der Waals surface area (Å²) in [5, 5.41) is 0.445. The highest BCUT2D eigenvalue weighted by Crippen LogP contribution is 2.56. The van der Waals surface area contributed by atoms with Gasteiger partial charge in [-0.05, 0) is 45.6 Å². The average Bonchev–Trinajstić information content (AvgIpc) is 3.50. The van der Waals surface area contributed by atoms with Crippen LogP contribution in [0.3, 0.4) is 0 Å². The van der Waals surface area contributed by atoms with Crippen molar-refractivity contribution >= 4 is 41.8 Å². The van der Waals surface area contributed by atoms with Gasteiger partial charge in [0.05, 0.1) is 13.2 Å². The molecule has 0 aromatic heterocycles. The summed E-state index contributed by atoms with van der Waals surface area (Å²) < 4.78 is 37.9. The Hall–Kier alpha value is -1.81. The summed E-state index contributed by atoms with van der Waals surface area (Å²) in [6.07, 6.45) is 0.0586. The van der Waals surface area contributed by atoms with E-state index in [0.29, 0.717) is 17.6 Å². The molecule has 3 rings (SSSR count). The zero-order valence-corrected chi connectivity index (χ0v) is 20.5. The molecule has 0 bridgehead atoms. The fourth-order valence-electron chi connectivity index (χ4n) is 2.78. The highest BCUT2D eigenvalue weighted by atomic mass is 32.2. The van der Waals surface area contributed by atoms with Gasteiger partial charge in [-0.1, -0.05) is 43.8 Å². The molecule has 3 unspecified atom stereocenters. The highest BCUT2D eigenvalue weighted by Gasteiger charge is 2.50. The van der Waals surface area contributed by atoms with Crippen LogP contribution in [0.5, 0.6) is 0 Å². The molecule has 1 aliphatic heterocycles. The van der Waals surface area contributed by atoms with Crippen molar-refractivity contribution in [2.24, 2.45) is 10.9 Å². The van der Waals surface area contributed by atoms with Gasteiger partial charge in [0.15, 0.2) is 17.5 Å². The number of rotatable bonds is 3. The predicted octanol–water partition coefficient (Wildman–Crippen LogP) is 6.25. The van der Waals surface area contributed by atoms with E-state index in [2.05, 4.69) is 9.73 Å². The molecule has 174 valence electrons. The molecule has 2 aliphatic rings. The van der Waals surface area contributed by atoms with Crippen molar-refractivity contribution in [1.82, 2.24) is 4.31 Å². The van der Waals surface area contributed by atoms with Crippen LogP contribution in [-0.4, -0.2) is 40.0 Å². The van der Waals surface area contributed by atoms with Crippen LogP contribution in [-0.2, 0) is 14.3 Å². The summed E-state index contributed by atoms with van der Waals surface area (Å²) in [7, 11) is 1.31.